The van der Waals surface area contributed by atoms with Gasteiger partial charge in [0.05, 0.1) is 20.8 Å². The van der Waals surface area contributed by atoms with Crippen molar-refractivity contribution in [1.82, 2.24) is 5.32 Å². The third-order valence-electron chi connectivity index (χ3n) is 2.76. The normalized spacial score (nSPS) is 14.1. The predicted octanol–water partition coefficient (Wildman–Crippen LogP) is 1.39. The molecule has 1 saturated carbocycles. The Hall–Kier alpha value is -1.75. The lowest BCUT2D eigenvalue weighted by Crippen LogP contribution is -2.29. The highest BCUT2D eigenvalue weighted by Crippen LogP contribution is 2.25. The quantitative estimate of drug-likeness (QED) is 0.801. The third-order valence-corrected chi connectivity index (χ3v) is 2.76. The van der Waals surface area contributed by atoms with Crippen molar-refractivity contribution < 1.29 is 14.3 Å². The Bertz CT molecular complexity index is 408. The van der Waals surface area contributed by atoms with Crippen LogP contribution in [0.5, 0.6) is 11.5 Å². The second kappa shape index (κ2) is 5.73. The van der Waals surface area contributed by atoms with E-state index in [2.05, 4.69) is 10.6 Å². The largest absolute Gasteiger partial charge is 0.497 e. The molecule has 0 atom stereocenters. The molecule has 1 fully saturated rings. The first-order valence-electron chi connectivity index (χ1n) is 5.97. The average molecular weight is 250 g/mol. The van der Waals surface area contributed by atoms with E-state index in [1.54, 1.807) is 32.4 Å². The standard InChI is InChI=1S/C13H18N2O3/c1-17-11-5-10(6-12(7-11)18-2)15-13(16)8-14-9-3-4-9/h5-7,9,14H,3-4,8H2,1-2H3,(H,15,16). The van der Waals surface area contributed by atoms with E-state index < -0.39 is 0 Å². The van der Waals surface area contributed by atoms with E-state index in [4.69, 9.17) is 9.47 Å². The molecule has 2 N–H and O–H groups in total. The SMILES string of the molecule is COc1cc(NC(=O)CNC2CC2)cc(OC)c1. The topological polar surface area (TPSA) is 59.6 Å². The molecule has 0 aliphatic heterocycles. The number of nitrogens with one attached hydrogen (secondary N) is 2. The van der Waals surface area contributed by atoms with Gasteiger partial charge in [-0.05, 0) is 12.8 Å². The minimum absolute atomic E-state index is 0.0581. The number of anilines is 1. The molecule has 5 heteroatoms. The molecule has 2 rings (SSSR count). The van der Waals surface area contributed by atoms with Gasteiger partial charge in [-0.3, -0.25) is 4.79 Å². The van der Waals surface area contributed by atoms with Crippen molar-refractivity contribution in [3.8, 4) is 11.5 Å². The van der Waals surface area contributed by atoms with Crippen molar-refractivity contribution >= 4 is 11.6 Å². The molecule has 0 spiro atoms. The molecule has 1 aliphatic carbocycles. The van der Waals surface area contributed by atoms with Gasteiger partial charge >= 0.3 is 0 Å². The Kier molecular flexibility index (Phi) is 4.04. The third kappa shape index (κ3) is 3.63. The molecule has 0 saturated heterocycles. The summed E-state index contributed by atoms with van der Waals surface area (Å²) in [6.07, 6.45) is 2.33. The van der Waals surface area contributed by atoms with Crippen LogP contribution >= 0.6 is 0 Å². The van der Waals surface area contributed by atoms with Crippen LogP contribution in [0.25, 0.3) is 0 Å². The molecule has 1 aromatic rings. The van der Waals surface area contributed by atoms with Gasteiger partial charge < -0.3 is 20.1 Å². The van der Waals surface area contributed by atoms with Crippen LogP contribution in [-0.4, -0.2) is 32.7 Å². The predicted molar refractivity (Wildman–Crippen MR) is 69.2 cm³/mol. The summed E-state index contributed by atoms with van der Waals surface area (Å²) < 4.78 is 10.3. The van der Waals surface area contributed by atoms with Crippen LogP contribution in [0.1, 0.15) is 12.8 Å². The van der Waals surface area contributed by atoms with Gasteiger partial charge in [0.1, 0.15) is 11.5 Å². The van der Waals surface area contributed by atoms with Crippen LogP contribution < -0.4 is 20.1 Å². The summed E-state index contributed by atoms with van der Waals surface area (Å²) >= 11 is 0. The fourth-order valence-electron chi connectivity index (χ4n) is 1.61. The summed E-state index contributed by atoms with van der Waals surface area (Å²) in [5.74, 6) is 1.25. The molecule has 0 heterocycles. The summed E-state index contributed by atoms with van der Waals surface area (Å²) in [6, 6.07) is 5.81. The van der Waals surface area contributed by atoms with Gasteiger partial charge in [0, 0.05) is 29.9 Å². The van der Waals surface area contributed by atoms with Gasteiger partial charge in [-0.25, -0.2) is 0 Å². The molecule has 0 unspecified atom stereocenters. The number of benzene rings is 1. The molecule has 0 aromatic heterocycles. The van der Waals surface area contributed by atoms with Crippen LogP contribution in [0.15, 0.2) is 18.2 Å². The summed E-state index contributed by atoms with van der Waals surface area (Å²) in [6.45, 7) is 0.337. The van der Waals surface area contributed by atoms with Crippen molar-refractivity contribution in [2.75, 3.05) is 26.1 Å². The number of carbonyl (C=O) groups is 1. The number of hydrogen-bond donors (Lipinski definition) is 2. The second-order valence-electron chi connectivity index (χ2n) is 4.30. The van der Waals surface area contributed by atoms with E-state index in [0.717, 1.165) is 0 Å². The van der Waals surface area contributed by atoms with Gasteiger partial charge in [-0.2, -0.15) is 0 Å². The van der Waals surface area contributed by atoms with Gasteiger partial charge in [0.15, 0.2) is 0 Å². The fraction of sp³-hybridized carbons (Fsp3) is 0.462. The minimum Gasteiger partial charge on any atom is -0.497 e. The van der Waals surface area contributed by atoms with E-state index in [1.807, 2.05) is 0 Å². The van der Waals surface area contributed by atoms with Crippen molar-refractivity contribution in [2.45, 2.75) is 18.9 Å². The monoisotopic (exact) mass is 250 g/mol. The maximum Gasteiger partial charge on any atom is 0.238 e. The van der Waals surface area contributed by atoms with Crippen molar-refractivity contribution in [3.05, 3.63) is 18.2 Å². The highest BCUT2D eigenvalue weighted by molar-refractivity contribution is 5.92. The number of carbonyl (C=O) groups excluding carboxylic acids is 1. The Morgan fingerprint density at radius 1 is 1.22 bits per heavy atom. The summed E-state index contributed by atoms with van der Waals surface area (Å²) in [7, 11) is 3.16. The first-order chi connectivity index (χ1) is 8.71. The van der Waals surface area contributed by atoms with E-state index in [9.17, 15) is 4.79 Å². The Morgan fingerprint density at radius 2 is 1.83 bits per heavy atom. The second-order valence-corrected chi connectivity index (χ2v) is 4.30. The molecule has 0 bridgehead atoms. The lowest BCUT2D eigenvalue weighted by molar-refractivity contribution is -0.115. The molecule has 18 heavy (non-hydrogen) atoms. The number of ether oxygens (including phenoxy) is 2. The lowest BCUT2D eigenvalue weighted by Gasteiger charge is -2.10. The summed E-state index contributed by atoms with van der Waals surface area (Å²) in [5, 5.41) is 5.97. The van der Waals surface area contributed by atoms with Crippen LogP contribution in [0.3, 0.4) is 0 Å². The molecular formula is C13H18N2O3. The molecule has 1 aromatic carbocycles. The molecule has 98 valence electrons. The number of hydrogen-bond acceptors (Lipinski definition) is 4. The van der Waals surface area contributed by atoms with Crippen molar-refractivity contribution in [1.29, 1.82) is 0 Å². The van der Waals surface area contributed by atoms with Gasteiger partial charge in [0.25, 0.3) is 0 Å². The fourth-order valence-corrected chi connectivity index (χ4v) is 1.61. The Labute approximate surface area is 106 Å². The van der Waals surface area contributed by atoms with Crippen molar-refractivity contribution in [3.63, 3.8) is 0 Å². The van der Waals surface area contributed by atoms with E-state index >= 15 is 0 Å². The molecule has 0 radical (unpaired) electrons. The van der Waals surface area contributed by atoms with Gasteiger partial charge in [-0.15, -0.1) is 0 Å². The van der Waals surface area contributed by atoms with Crippen LogP contribution in [0.2, 0.25) is 0 Å². The molecule has 1 amide bonds. The van der Waals surface area contributed by atoms with E-state index in [1.165, 1.54) is 12.8 Å². The summed E-state index contributed by atoms with van der Waals surface area (Å²) in [5.41, 5.74) is 0.675. The van der Waals surface area contributed by atoms with Crippen LogP contribution in [0, 0.1) is 0 Å². The Balaban J connectivity index is 1.95. The zero-order valence-corrected chi connectivity index (χ0v) is 10.7. The number of rotatable bonds is 6. The minimum atomic E-state index is -0.0581. The van der Waals surface area contributed by atoms with Gasteiger partial charge in [0.2, 0.25) is 5.91 Å². The average Bonchev–Trinajstić information content (AvgIpc) is 3.19. The first kappa shape index (κ1) is 12.7. The number of methoxy groups -OCH3 is 2. The van der Waals surface area contributed by atoms with Crippen LogP contribution in [0.4, 0.5) is 5.69 Å². The van der Waals surface area contributed by atoms with E-state index in [-0.39, 0.29) is 5.91 Å². The van der Waals surface area contributed by atoms with Crippen molar-refractivity contribution in [2.24, 2.45) is 0 Å². The summed E-state index contributed by atoms with van der Waals surface area (Å²) in [4.78, 5) is 11.7. The smallest absolute Gasteiger partial charge is 0.238 e. The highest BCUT2D eigenvalue weighted by atomic mass is 16.5. The van der Waals surface area contributed by atoms with Crippen LogP contribution in [-0.2, 0) is 4.79 Å². The zero-order valence-electron chi connectivity index (χ0n) is 10.7. The molecule has 5 nitrogen and oxygen atoms in total. The number of amides is 1. The highest BCUT2D eigenvalue weighted by Gasteiger charge is 2.21. The maximum atomic E-state index is 11.7. The Morgan fingerprint density at radius 3 is 2.33 bits per heavy atom. The zero-order chi connectivity index (χ0) is 13.0. The van der Waals surface area contributed by atoms with Gasteiger partial charge in [-0.1, -0.05) is 0 Å². The first-order valence-corrected chi connectivity index (χ1v) is 5.97. The maximum absolute atomic E-state index is 11.7. The molecule has 1 aliphatic rings. The lowest BCUT2D eigenvalue weighted by atomic mass is 10.2. The van der Waals surface area contributed by atoms with E-state index in [0.29, 0.717) is 29.8 Å². The molecular weight excluding hydrogens is 232 g/mol.